The lowest BCUT2D eigenvalue weighted by Crippen LogP contribution is -2.11. The van der Waals surface area contributed by atoms with E-state index in [4.69, 9.17) is 4.42 Å². The maximum Gasteiger partial charge on any atom is 0.125 e. The normalized spacial score (nSPS) is 10.6. The molecule has 0 aliphatic rings. The molecule has 3 heteroatoms. The third-order valence-electron chi connectivity index (χ3n) is 2.42. The van der Waals surface area contributed by atoms with Crippen molar-refractivity contribution >= 4 is 0 Å². The molecule has 0 saturated carbocycles. The van der Waals surface area contributed by atoms with Crippen molar-refractivity contribution in [1.82, 2.24) is 5.32 Å². The predicted octanol–water partition coefficient (Wildman–Crippen LogP) is 3.20. The van der Waals surface area contributed by atoms with E-state index in [0.29, 0.717) is 6.54 Å². The Balaban J connectivity index is 2.29. The summed E-state index contributed by atoms with van der Waals surface area (Å²) in [6, 6.07) is 8.40. The van der Waals surface area contributed by atoms with E-state index in [2.05, 4.69) is 5.32 Å². The standard InChI is InChI=1S/C13H14FNO/c1-2-15-9-13-12(6-7-16-13)10-4-3-5-11(14)8-10/h3-8,15H,2,9H2,1H3. The molecule has 1 heterocycles. The highest BCUT2D eigenvalue weighted by atomic mass is 19.1. The van der Waals surface area contributed by atoms with Crippen molar-refractivity contribution in [2.75, 3.05) is 6.54 Å². The second-order valence-corrected chi connectivity index (χ2v) is 3.55. The van der Waals surface area contributed by atoms with Crippen LogP contribution in [0.25, 0.3) is 11.1 Å². The molecule has 0 saturated heterocycles. The van der Waals surface area contributed by atoms with Crippen LogP contribution in [0.1, 0.15) is 12.7 Å². The van der Waals surface area contributed by atoms with Crippen molar-refractivity contribution < 1.29 is 8.81 Å². The first-order valence-corrected chi connectivity index (χ1v) is 5.34. The van der Waals surface area contributed by atoms with Gasteiger partial charge in [-0.3, -0.25) is 0 Å². The van der Waals surface area contributed by atoms with Gasteiger partial charge >= 0.3 is 0 Å². The van der Waals surface area contributed by atoms with Gasteiger partial charge in [0.05, 0.1) is 12.8 Å². The van der Waals surface area contributed by atoms with Gasteiger partial charge in [-0.15, -0.1) is 0 Å². The van der Waals surface area contributed by atoms with Crippen LogP contribution in [0.2, 0.25) is 0 Å². The van der Waals surface area contributed by atoms with Crippen LogP contribution in [-0.4, -0.2) is 6.54 Å². The van der Waals surface area contributed by atoms with Crippen molar-refractivity contribution in [2.45, 2.75) is 13.5 Å². The van der Waals surface area contributed by atoms with Crippen molar-refractivity contribution in [3.8, 4) is 11.1 Å². The zero-order valence-electron chi connectivity index (χ0n) is 9.16. The van der Waals surface area contributed by atoms with Crippen LogP contribution >= 0.6 is 0 Å². The highest BCUT2D eigenvalue weighted by Crippen LogP contribution is 2.25. The second-order valence-electron chi connectivity index (χ2n) is 3.55. The fraction of sp³-hybridized carbons (Fsp3) is 0.231. The van der Waals surface area contributed by atoms with E-state index < -0.39 is 0 Å². The fourth-order valence-electron chi connectivity index (χ4n) is 1.63. The Hall–Kier alpha value is -1.61. The van der Waals surface area contributed by atoms with Crippen molar-refractivity contribution in [3.63, 3.8) is 0 Å². The van der Waals surface area contributed by atoms with E-state index in [9.17, 15) is 4.39 Å². The summed E-state index contributed by atoms with van der Waals surface area (Å²) in [5.74, 6) is 0.612. The Morgan fingerprint density at radius 3 is 2.94 bits per heavy atom. The minimum absolute atomic E-state index is 0.229. The molecule has 0 radical (unpaired) electrons. The Bertz CT molecular complexity index is 464. The summed E-state index contributed by atoms with van der Waals surface area (Å²) < 4.78 is 18.5. The van der Waals surface area contributed by atoms with Crippen LogP contribution in [-0.2, 0) is 6.54 Å². The zero-order valence-corrected chi connectivity index (χ0v) is 9.16. The molecule has 0 spiro atoms. The molecule has 1 aromatic carbocycles. The summed E-state index contributed by atoms with van der Waals surface area (Å²) in [7, 11) is 0. The smallest absolute Gasteiger partial charge is 0.125 e. The van der Waals surface area contributed by atoms with Gasteiger partial charge in [0, 0.05) is 5.56 Å². The monoisotopic (exact) mass is 219 g/mol. The number of benzene rings is 1. The molecule has 0 fully saturated rings. The molecule has 1 N–H and O–H groups in total. The molecule has 1 aromatic heterocycles. The number of nitrogens with one attached hydrogen (secondary N) is 1. The lowest BCUT2D eigenvalue weighted by Gasteiger charge is -2.03. The Kier molecular flexibility index (Phi) is 3.37. The molecule has 0 atom stereocenters. The van der Waals surface area contributed by atoms with Gasteiger partial charge in [-0.1, -0.05) is 19.1 Å². The number of furan rings is 1. The van der Waals surface area contributed by atoms with Crippen molar-refractivity contribution in [3.05, 3.63) is 48.2 Å². The third-order valence-corrected chi connectivity index (χ3v) is 2.42. The van der Waals surface area contributed by atoms with Crippen molar-refractivity contribution in [1.29, 1.82) is 0 Å². The summed E-state index contributed by atoms with van der Waals surface area (Å²) in [6.07, 6.45) is 1.63. The summed E-state index contributed by atoms with van der Waals surface area (Å²) in [4.78, 5) is 0. The molecule has 0 aliphatic carbocycles. The molecule has 0 unspecified atom stereocenters. The first-order chi connectivity index (χ1) is 7.81. The van der Waals surface area contributed by atoms with Gasteiger partial charge in [-0.25, -0.2) is 4.39 Å². The zero-order chi connectivity index (χ0) is 11.4. The van der Waals surface area contributed by atoms with Gasteiger partial charge in [0.15, 0.2) is 0 Å². The van der Waals surface area contributed by atoms with Gasteiger partial charge in [-0.05, 0) is 30.3 Å². The van der Waals surface area contributed by atoms with Gasteiger partial charge < -0.3 is 9.73 Å². The molecule has 2 rings (SSSR count). The third kappa shape index (κ3) is 2.31. The molecule has 2 nitrogen and oxygen atoms in total. The summed E-state index contributed by atoms with van der Waals surface area (Å²) >= 11 is 0. The number of hydrogen-bond acceptors (Lipinski definition) is 2. The van der Waals surface area contributed by atoms with Crippen LogP contribution in [0.5, 0.6) is 0 Å². The minimum atomic E-state index is -0.229. The predicted molar refractivity (Wildman–Crippen MR) is 61.5 cm³/mol. The summed E-state index contributed by atoms with van der Waals surface area (Å²) in [6.45, 7) is 3.57. The molecule has 84 valence electrons. The van der Waals surface area contributed by atoms with Crippen LogP contribution in [0.3, 0.4) is 0 Å². The summed E-state index contributed by atoms with van der Waals surface area (Å²) in [5.41, 5.74) is 1.79. The molecular weight excluding hydrogens is 205 g/mol. The Labute approximate surface area is 94.1 Å². The molecule has 0 amide bonds. The lowest BCUT2D eigenvalue weighted by molar-refractivity contribution is 0.489. The van der Waals surface area contributed by atoms with E-state index in [-0.39, 0.29) is 5.82 Å². The van der Waals surface area contributed by atoms with Crippen molar-refractivity contribution in [2.24, 2.45) is 0 Å². The first kappa shape index (κ1) is 10.9. The molecule has 2 aromatic rings. The topological polar surface area (TPSA) is 25.2 Å². The largest absolute Gasteiger partial charge is 0.467 e. The number of rotatable bonds is 4. The van der Waals surface area contributed by atoms with Crippen LogP contribution in [0, 0.1) is 5.82 Å². The highest BCUT2D eigenvalue weighted by Gasteiger charge is 2.08. The van der Waals surface area contributed by atoms with Crippen LogP contribution < -0.4 is 5.32 Å². The van der Waals surface area contributed by atoms with Crippen LogP contribution in [0.4, 0.5) is 4.39 Å². The van der Waals surface area contributed by atoms with Gasteiger partial charge in [0.2, 0.25) is 0 Å². The fourth-order valence-corrected chi connectivity index (χ4v) is 1.63. The Morgan fingerprint density at radius 1 is 1.31 bits per heavy atom. The second kappa shape index (κ2) is 4.94. The molecule has 16 heavy (non-hydrogen) atoms. The SMILES string of the molecule is CCNCc1occc1-c1cccc(F)c1. The van der Waals surface area contributed by atoms with Crippen LogP contribution in [0.15, 0.2) is 41.0 Å². The maximum absolute atomic E-state index is 13.1. The quantitative estimate of drug-likeness (QED) is 0.854. The molecule has 0 aliphatic heterocycles. The first-order valence-electron chi connectivity index (χ1n) is 5.34. The highest BCUT2D eigenvalue weighted by molar-refractivity contribution is 5.65. The van der Waals surface area contributed by atoms with Gasteiger partial charge in [0.25, 0.3) is 0 Å². The summed E-state index contributed by atoms with van der Waals surface area (Å²) in [5, 5.41) is 3.19. The van der Waals surface area contributed by atoms with E-state index in [1.54, 1.807) is 12.3 Å². The average molecular weight is 219 g/mol. The van der Waals surface area contributed by atoms with Gasteiger partial charge in [0.1, 0.15) is 11.6 Å². The van der Waals surface area contributed by atoms with Gasteiger partial charge in [-0.2, -0.15) is 0 Å². The molecular formula is C13H14FNO. The Morgan fingerprint density at radius 2 is 2.19 bits per heavy atom. The van der Waals surface area contributed by atoms with E-state index >= 15 is 0 Å². The lowest BCUT2D eigenvalue weighted by atomic mass is 10.1. The maximum atomic E-state index is 13.1. The van der Waals surface area contributed by atoms with E-state index in [1.807, 2.05) is 19.1 Å². The van der Waals surface area contributed by atoms with E-state index in [1.165, 1.54) is 12.1 Å². The average Bonchev–Trinajstić information content (AvgIpc) is 2.74. The van der Waals surface area contributed by atoms with E-state index in [0.717, 1.165) is 23.4 Å². The number of halogens is 1. The molecule has 0 bridgehead atoms. The number of hydrogen-bond donors (Lipinski definition) is 1. The minimum Gasteiger partial charge on any atom is -0.467 e.